The number of hydrogen-bond acceptors (Lipinski definition) is 5. The molecule has 0 spiro atoms. The monoisotopic (exact) mass is 412 g/mol. The van der Waals surface area contributed by atoms with Crippen molar-refractivity contribution in [1.29, 1.82) is 5.26 Å². The number of nitriles is 1. The largest absolute Gasteiger partial charge is 0.468 e. The van der Waals surface area contributed by atoms with Crippen LogP contribution in [0.25, 0.3) is 0 Å². The Balaban J connectivity index is 2.05. The fraction of sp³-hybridized carbons (Fsp3) is 0.190. The maximum atomic E-state index is 12.8. The van der Waals surface area contributed by atoms with Gasteiger partial charge < -0.3 is 10.1 Å². The Hall–Kier alpha value is -2.75. The highest BCUT2D eigenvalue weighted by Crippen LogP contribution is 2.42. The van der Waals surface area contributed by atoms with Gasteiger partial charge in [-0.3, -0.25) is 9.59 Å². The van der Waals surface area contributed by atoms with Crippen LogP contribution in [0.2, 0.25) is 5.02 Å². The van der Waals surface area contributed by atoms with Crippen LogP contribution >= 0.6 is 23.4 Å². The fourth-order valence-electron chi connectivity index (χ4n) is 3.11. The highest BCUT2D eigenvalue weighted by molar-refractivity contribution is 8.02. The summed E-state index contributed by atoms with van der Waals surface area (Å²) in [5.74, 6) is -2.63. The van der Waals surface area contributed by atoms with Gasteiger partial charge in [-0.05, 0) is 17.2 Å². The number of nitrogens with zero attached hydrogens (tertiary/aromatic N) is 1. The van der Waals surface area contributed by atoms with E-state index in [9.17, 15) is 14.9 Å². The number of benzene rings is 2. The zero-order chi connectivity index (χ0) is 20.1. The van der Waals surface area contributed by atoms with E-state index >= 15 is 0 Å². The summed E-state index contributed by atoms with van der Waals surface area (Å²) >= 11 is 7.68. The summed E-state index contributed by atoms with van der Waals surface area (Å²) in [6.07, 6.45) is 0. The molecule has 142 valence electrons. The van der Waals surface area contributed by atoms with Gasteiger partial charge in [-0.25, -0.2) is 0 Å². The Kier molecular flexibility index (Phi) is 6.40. The summed E-state index contributed by atoms with van der Waals surface area (Å²) < 4.78 is 4.83. The van der Waals surface area contributed by atoms with E-state index in [-0.39, 0.29) is 0 Å². The molecule has 1 aliphatic rings. The normalized spacial score (nSPS) is 19.0. The molecule has 2 aromatic carbocycles. The third-order valence-electron chi connectivity index (χ3n) is 4.45. The van der Waals surface area contributed by atoms with Crippen LogP contribution < -0.4 is 5.32 Å². The predicted molar refractivity (Wildman–Crippen MR) is 108 cm³/mol. The first-order chi connectivity index (χ1) is 13.6. The second-order valence-corrected chi connectivity index (χ2v) is 7.51. The minimum Gasteiger partial charge on any atom is -0.468 e. The van der Waals surface area contributed by atoms with Gasteiger partial charge in [-0.15, -0.1) is 11.8 Å². The quantitative estimate of drug-likeness (QED) is 0.592. The number of ether oxygens (including phenoxy) is 1. The lowest BCUT2D eigenvalue weighted by atomic mass is 9.78. The van der Waals surface area contributed by atoms with E-state index in [4.69, 9.17) is 16.3 Å². The number of rotatable bonds is 5. The first-order valence-electron chi connectivity index (χ1n) is 8.51. The van der Waals surface area contributed by atoms with Crippen LogP contribution in [0.3, 0.4) is 0 Å². The van der Waals surface area contributed by atoms with E-state index in [1.54, 1.807) is 24.3 Å². The van der Waals surface area contributed by atoms with E-state index in [0.717, 1.165) is 5.56 Å². The fourth-order valence-corrected chi connectivity index (χ4v) is 4.37. The number of nitrogens with one attached hydrogen (secondary N) is 1. The zero-order valence-corrected chi connectivity index (χ0v) is 16.6. The van der Waals surface area contributed by atoms with Crippen molar-refractivity contribution in [3.8, 4) is 6.07 Å². The SMILES string of the molecule is COC(=O)C1C(=O)NC(SCc2ccccc2)=C(C#N)C1c1ccccc1Cl. The molecule has 3 rings (SSSR count). The summed E-state index contributed by atoms with van der Waals surface area (Å²) in [7, 11) is 1.22. The lowest BCUT2D eigenvalue weighted by Gasteiger charge is -2.31. The molecular formula is C21H17ClN2O3S. The number of thioether (sulfide) groups is 1. The topological polar surface area (TPSA) is 79.2 Å². The first kappa shape index (κ1) is 20.0. The highest BCUT2D eigenvalue weighted by Gasteiger charge is 2.44. The van der Waals surface area contributed by atoms with Gasteiger partial charge in [0.05, 0.1) is 23.8 Å². The summed E-state index contributed by atoms with van der Waals surface area (Å²) in [6, 6.07) is 18.8. The summed E-state index contributed by atoms with van der Waals surface area (Å²) in [4.78, 5) is 25.1. The van der Waals surface area contributed by atoms with Gasteiger partial charge in [0.2, 0.25) is 5.91 Å². The van der Waals surface area contributed by atoms with Crippen molar-refractivity contribution in [3.63, 3.8) is 0 Å². The number of amides is 1. The molecule has 0 fully saturated rings. The molecule has 2 atom stereocenters. The number of halogens is 1. The lowest BCUT2D eigenvalue weighted by molar-refractivity contribution is -0.150. The van der Waals surface area contributed by atoms with E-state index in [0.29, 0.717) is 26.9 Å². The second kappa shape index (κ2) is 8.96. The van der Waals surface area contributed by atoms with E-state index in [2.05, 4.69) is 11.4 Å². The number of esters is 1. The van der Waals surface area contributed by atoms with Crippen molar-refractivity contribution >= 4 is 35.2 Å². The number of methoxy groups -OCH3 is 1. The molecule has 1 aliphatic heterocycles. The molecule has 28 heavy (non-hydrogen) atoms. The molecule has 0 aliphatic carbocycles. The van der Waals surface area contributed by atoms with Crippen LogP contribution in [0.5, 0.6) is 0 Å². The van der Waals surface area contributed by atoms with Crippen LogP contribution in [-0.4, -0.2) is 19.0 Å². The van der Waals surface area contributed by atoms with E-state index in [1.165, 1.54) is 18.9 Å². The van der Waals surface area contributed by atoms with Crippen molar-refractivity contribution in [2.75, 3.05) is 7.11 Å². The van der Waals surface area contributed by atoms with Gasteiger partial charge in [0.25, 0.3) is 0 Å². The molecule has 5 nitrogen and oxygen atoms in total. The molecule has 1 N–H and O–H groups in total. The van der Waals surface area contributed by atoms with Crippen LogP contribution in [0.15, 0.2) is 65.2 Å². The Morgan fingerprint density at radius 1 is 1.21 bits per heavy atom. The van der Waals surface area contributed by atoms with Gasteiger partial charge in [-0.1, -0.05) is 60.1 Å². The van der Waals surface area contributed by atoms with Crippen molar-refractivity contribution < 1.29 is 14.3 Å². The molecule has 7 heteroatoms. The smallest absolute Gasteiger partial charge is 0.319 e. The summed E-state index contributed by atoms with van der Waals surface area (Å²) in [5, 5.41) is 13.4. The first-order valence-corrected chi connectivity index (χ1v) is 9.87. The molecule has 0 radical (unpaired) electrons. The summed E-state index contributed by atoms with van der Waals surface area (Å²) in [5.41, 5.74) is 1.89. The lowest BCUT2D eigenvalue weighted by Crippen LogP contribution is -2.44. The van der Waals surface area contributed by atoms with Crippen molar-refractivity contribution in [1.82, 2.24) is 5.32 Å². The molecule has 1 amide bonds. The third-order valence-corrected chi connectivity index (χ3v) is 5.88. The van der Waals surface area contributed by atoms with Crippen molar-refractivity contribution in [3.05, 3.63) is 81.3 Å². The van der Waals surface area contributed by atoms with Gasteiger partial charge >= 0.3 is 5.97 Å². The third kappa shape index (κ3) is 4.06. The average molecular weight is 413 g/mol. The van der Waals surface area contributed by atoms with Gasteiger partial charge in [0.1, 0.15) is 5.92 Å². The van der Waals surface area contributed by atoms with Gasteiger partial charge in [0.15, 0.2) is 0 Å². The molecule has 0 bridgehead atoms. The molecule has 0 saturated heterocycles. The molecule has 2 unspecified atom stereocenters. The Morgan fingerprint density at radius 3 is 2.54 bits per heavy atom. The number of carbonyl (C=O) groups is 2. The maximum absolute atomic E-state index is 12.8. The standard InChI is InChI=1S/C21H17ClN2O3S/c1-27-21(26)18-17(14-9-5-6-10-16(14)22)15(11-23)20(24-19(18)25)28-12-13-7-3-2-4-8-13/h2-10,17-18H,12H2,1H3,(H,24,25). The van der Waals surface area contributed by atoms with Crippen molar-refractivity contribution in [2.45, 2.75) is 11.7 Å². The molecular weight excluding hydrogens is 396 g/mol. The second-order valence-electron chi connectivity index (χ2n) is 6.12. The van der Waals surface area contributed by atoms with Crippen LogP contribution in [0, 0.1) is 17.2 Å². The maximum Gasteiger partial charge on any atom is 0.319 e. The molecule has 0 saturated carbocycles. The highest BCUT2D eigenvalue weighted by atomic mass is 35.5. The number of hydrogen-bond donors (Lipinski definition) is 1. The Morgan fingerprint density at radius 2 is 1.89 bits per heavy atom. The molecule has 0 aromatic heterocycles. The minimum atomic E-state index is -1.18. The Labute approximate surface area is 172 Å². The predicted octanol–water partition coefficient (Wildman–Crippen LogP) is 4.01. The van der Waals surface area contributed by atoms with Gasteiger partial charge in [0, 0.05) is 16.7 Å². The summed E-state index contributed by atoms with van der Waals surface area (Å²) in [6.45, 7) is 0. The Bertz CT molecular complexity index is 969. The van der Waals surface area contributed by atoms with Crippen LogP contribution in [-0.2, 0) is 20.1 Å². The van der Waals surface area contributed by atoms with E-state index < -0.39 is 23.7 Å². The van der Waals surface area contributed by atoms with Gasteiger partial charge in [-0.2, -0.15) is 5.26 Å². The number of allylic oxidation sites excluding steroid dienone is 1. The molecule has 2 aromatic rings. The zero-order valence-electron chi connectivity index (χ0n) is 15.0. The number of carbonyl (C=O) groups excluding carboxylic acids is 2. The van der Waals surface area contributed by atoms with Crippen LogP contribution in [0.4, 0.5) is 0 Å². The molecule has 1 heterocycles. The minimum absolute atomic E-state index is 0.295. The average Bonchev–Trinajstić information content (AvgIpc) is 2.72. The van der Waals surface area contributed by atoms with E-state index in [1.807, 2.05) is 30.3 Å². The van der Waals surface area contributed by atoms with Crippen molar-refractivity contribution in [2.24, 2.45) is 5.92 Å². The van der Waals surface area contributed by atoms with Crippen LogP contribution in [0.1, 0.15) is 17.0 Å².